The number of aliphatic hydroxyl groups excluding tert-OH is 1. The van der Waals surface area contributed by atoms with Crippen molar-refractivity contribution >= 4 is 5.91 Å². The fraction of sp³-hybridized carbons (Fsp3) is 0.909. The van der Waals surface area contributed by atoms with Crippen molar-refractivity contribution in [1.82, 2.24) is 10.2 Å². The Morgan fingerprint density at radius 1 is 1.47 bits per heavy atom. The van der Waals surface area contributed by atoms with Gasteiger partial charge in [-0.15, -0.1) is 0 Å². The molecule has 2 fully saturated rings. The summed E-state index contributed by atoms with van der Waals surface area (Å²) in [5, 5.41) is 12.7. The van der Waals surface area contributed by atoms with E-state index in [2.05, 4.69) is 12.2 Å². The van der Waals surface area contributed by atoms with Gasteiger partial charge in [-0.05, 0) is 32.7 Å². The van der Waals surface area contributed by atoms with Crippen molar-refractivity contribution in [3.8, 4) is 0 Å². The molecule has 2 aliphatic rings. The van der Waals surface area contributed by atoms with Crippen molar-refractivity contribution < 1.29 is 9.90 Å². The third-order valence-corrected chi connectivity index (χ3v) is 3.45. The molecule has 0 bridgehead atoms. The number of aliphatic hydroxyl groups is 1. The van der Waals surface area contributed by atoms with Gasteiger partial charge in [0.25, 0.3) is 0 Å². The van der Waals surface area contributed by atoms with E-state index < -0.39 is 0 Å². The molecule has 3 unspecified atom stereocenters. The molecule has 86 valence electrons. The zero-order valence-electron chi connectivity index (χ0n) is 9.28. The molecule has 0 radical (unpaired) electrons. The van der Waals surface area contributed by atoms with Gasteiger partial charge < -0.3 is 15.3 Å². The Balaban J connectivity index is 1.89. The highest BCUT2D eigenvalue weighted by atomic mass is 16.3. The molecule has 2 aliphatic heterocycles. The van der Waals surface area contributed by atoms with Crippen LogP contribution < -0.4 is 5.32 Å². The minimum absolute atomic E-state index is 0.173. The molecule has 0 saturated carbocycles. The largest absolute Gasteiger partial charge is 0.391 e. The Labute approximate surface area is 90.6 Å². The Hall–Kier alpha value is -0.610. The Bertz CT molecular complexity index is 245. The quantitative estimate of drug-likeness (QED) is 0.641. The van der Waals surface area contributed by atoms with E-state index in [1.54, 1.807) is 0 Å². The predicted molar refractivity (Wildman–Crippen MR) is 57.4 cm³/mol. The second-order valence-electron chi connectivity index (χ2n) is 4.80. The Kier molecular flexibility index (Phi) is 3.26. The lowest BCUT2D eigenvalue weighted by Gasteiger charge is -2.30. The number of amides is 1. The third-order valence-electron chi connectivity index (χ3n) is 3.45. The van der Waals surface area contributed by atoms with Crippen molar-refractivity contribution in [3.63, 3.8) is 0 Å². The fourth-order valence-electron chi connectivity index (χ4n) is 2.56. The molecule has 0 aromatic carbocycles. The number of hydrogen-bond acceptors (Lipinski definition) is 3. The zero-order valence-corrected chi connectivity index (χ0v) is 9.28. The highest BCUT2D eigenvalue weighted by molar-refractivity contribution is 5.79. The van der Waals surface area contributed by atoms with Gasteiger partial charge in [0.1, 0.15) is 0 Å². The highest BCUT2D eigenvalue weighted by Gasteiger charge is 2.32. The van der Waals surface area contributed by atoms with Crippen LogP contribution in [0.2, 0.25) is 0 Å². The summed E-state index contributed by atoms with van der Waals surface area (Å²) in [6.45, 7) is 4.34. The number of β-amino-alcohol motifs (C(OH)–C–C–N with tert-alkyl or cyclic N) is 1. The number of hydrogen-bond donors (Lipinski definition) is 2. The Morgan fingerprint density at radius 2 is 2.27 bits per heavy atom. The van der Waals surface area contributed by atoms with Gasteiger partial charge in [0.15, 0.2) is 0 Å². The normalized spacial score (nSPS) is 36.9. The first kappa shape index (κ1) is 10.9. The maximum atomic E-state index is 12.1. The number of nitrogens with one attached hydrogen (secondary N) is 1. The van der Waals surface area contributed by atoms with Gasteiger partial charge in [0, 0.05) is 25.0 Å². The van der Waals surface area contributed by atoms with Crippen LogP contribution in [-0.2, 0) is 4.79 Å². The summed E-state index contributed by atoms with van der Waals surface area (Å²) in [6, 6.07) is 0.445. The van der Waals surface area contributed by atoms with Crippen LogP contribution in [0.25, 0.3) is 0 Å². The molecular weight excluding hydrogens is 192 g/mol. The first-order valence-corrected chi connectivity index (χ1v) is 5.87. The molecule has 4 heteroatoms. The first-order chi connectivity index (χ1) is 7.16. The zero-order chi connectivity index (χ0) is 10.8. The summed E-state index contributed by atoms with van der Waals surface area (Å²) in [7, 11) is 0. The maximum absolute atomic E-state index is 12.1. The van der Waals surface area contributed by atoms with E-state index >= 15 is 0 Å². The summed E-state index contributed by atoms with van der Waals surface area (Å²) in [5.74, 6) is 0.423. The number of likely N-dealkylation sites (tertiary alicyclic amines) is 1. The average Bonchev–Trinajstić information content (AvgIpc) is 2.64. The number of piperidine rings is 1. The van der Waals surface area contributed by atoms with Gasteiger partial charge in [-0.1, -0.05) is 0 Å². The molecule has 3 atom stereocenters. The van der Waals surface area contributed by atoms with Gasteiger partial charge in [-0.2, -0.15) is 0 Å². The van der Waals surface area contributed by atoms with E-state index in [1.807, 2.05) is 4.90 Å². The van der Waals surface area contributed by atoms with Crippen LogP contribution in [0.3, 0.4) is 0 Å². The van der Waals surface area contributed by atoms with Gasteiger partial charge >= 0.3 is 0 Å². The van der Waals surface area contributed by atoms with Crippen molar-refractivity contribution in [2.45, 2.75) is 38.3 Å². The van der Waals surface area contributed by atoms with Crippen molar-refractivity contribution in [3.05, 3.63) is 0 Å². The van der Waals surface area contributed by atoms with Gasteiger partial charge in [-0.3, -0.25) is 4.79 Å². The summed E-state index contributed by atoms with van der Waals surface area (Å²) >= 11 is 0. The van der Waals surface area contributed by atoms with E-state index in [0.29, 0.717) is 12.6 Å². The molecule has 0 aliphatic carbocycles. The van der Waals surface area contributed by atoms with Crippen LogP contribution in [0.1, 0.15) is 26.2 Å². The highest BCUT2D eigenvalue weighted by Crippen LogP contribution is 2.21. The lowest BCUT2D eigenvalue weighted by Crippen LogP contribution is -2.43. The third kappa shape index (κ3) is 2.49. The van der Waals surface area contributed by atoms with Crippen molar-refractivity contribution in [1.29, 1.82) is 0 Å². The molecule has 2 heterocycles. The second kappa shape index (κ2) is 4.49. The average molecular weight is 212 g/mol. The first-order valence-electron chi connectivity index (χ1n) is 5.87. The van der Waals surface area contributed by atoms with Crippen LogP contribution in [0.4, 0.5) is 0 Å². The smallest absolute Gasteiger partial charge is 0.225 e. The van der Waals surface area contributed by atoms with Crippen LogP contribution in [0, 0.1) is 5.92 Å². The molecular formula is C11H20N2O2. The molecule has 0 aromatic rings. The van der Waals surface area contributed by atoms with Crippen LogP contribution in [-0.4, -0.2) is 47.7 Å². The molecule has 0 spiro atoms. The number of carbonyl (C=O) groups excluding carboxylic acids is 1. The lowest BCUT2D eigenvalue weighted by molar-refractivity contribution is -0.136. The molecule has 2 N–H and O–H groups in total. The van der Waals surface area contributed by atoms with E-state index in [1.165, 1.54) is 0 Å². The number of carbonyl (C=O) groups is 1. The fourth-order valence-corrected chi connectivity index (χ4v) is 2.56. The number of nitrogens with zero attached hydrogens (tertiary/aromatic N) is 1. The molecule has 4 nitrogen and oxygen atoms in total. The summed E-state index contributed by atoms with van der Waals surface area (Å²) in [5.41, 5.74) is 0. The van der Waals surface area contributed by atoms with Crippen LogP contribution in [0.5, 0.6) is 0 Å². The topological polar surface area (TPSA) is 52.6 Å². The molecule has 15 heavy (non-hydrogen) atoms. The van der Waals surface area contributed by atoms with E-state index in [9.17, 15) is 9.90 Å². The monoisotopic (exact) mass is 212 g/mol. The maximum Gasteiger partial charge on any atom is 0.225 e. The van der Waals surface area contributed by atoms with E-state index in [4.69, 9.17) is 0 Å². The SMILES string of the molecule is CC1CC(C(=O)N2CCC(O)C2)CCN1. The van der Waals surface area contributed by atoms with E-state index in [-0.39, 0.29) is 17.9 Å². The molecule has 2 rings (SSSR count). The second-order valence-corrected chi connectivity index (χ2v) is 4.80. The predicted octanol–water partition coefficient (Wildman–Crippen LogP) is -0.0323. The van der Waals surface area contributed by atoms with E-state index in [0.717, 1.165) is 32.4 Å². The molecule has 2 saturated heterocycles. The Morgan fingerprint density at radius 3 is 2.87 bits per heavy atom. The van der Waals surface area contributed by atoms with Gasteiger partial charge in [-0.25, -0.2) is 0 Å². The van der Waals surface area contributed by atoms with Crippen molar-refractivity contribution in [2.24, 2.45) is 5.92 Å². The van der Waals surface area contributed by atoms with Crippen molar-refractivity contribution in [2.75, 3.05) is 19.6 Å². The standard InChI is InChI=1S/C11H20N2O2/c1-8-6-9(2-4-12-8)11(15)13-5-3-10(14)7-13/h8-10,12,14H,2-7H2,1H3. The van der Waals surface area contributed by atoms with Gasteiger partial charge in [0.05, 0.1) is 6.10 Å². The minimum atomic E-state index is -0.298. The molecule has 0 aromatic heterocycles. The van der Waals surface area contributed by atoms with Gasteiger partial charge in [0.2, 0.25) is 5.91 Å². The summed E-state index contributed by atoms with van der Waals surface area (Å²) in [6.07, 6.45) is 2.32. The summed E-state index contributed by atoms with van der Waals surface area (Å²) in [4.78, 5) is 13.9. The van der Waals surface area contributed by atoms with Crippen LogP contribution in [0.15, 0.2) is 0 Å². The molecule has 1 amide bonds. The van der Waals surface area contributed by atoms with Crippen LogP contribution >= 0.6 is 0 Å². The minimum Gasteiger partial charge on any atom is -0.391 e. The lowest BCUT2D eigenvalue weighted by atomic mass is 9.92. The summed E-state index contributed by atoms with van der Waals surface area (Å²) < 4.78 is 0. The number of rotatable bonds is 1.